The molecule has 1 fully saturated rings. The number of nitrogens with zero attached hydrogens (tertiary/aromatic N) is 1. The fourth-order valence-corrected chi connectivity index (χ4v) is 2.90. The zero-order valence-electron chi connectivity index (χ0n) is 10.1. The molecule has 1 saturated heterocycles. The summed E-state index contributed by atoms with van der Waals surface area (Å²) in [6.07, 6.45) is 0.824. The van der Waals surface area contributed by atoms with Gasteiger partial charge in [0.05, 0.1) is 18.9 Å². The number of anilines is 1. The first-order valence-corrected chi connectivity index (χ1v) is 6.88. The molecule has 4 nitrogen and oxygen atoms in total. The lowest BCUT2D eigenvalue weighted by molar-refractivity contribution is -0.256. The first-order chi connectivity index (χ1) is 8.69. The summed E-state index contributed by atoms with van der Waals surface area (Å²) in [6.45, 7) is 3.66. The predicted molar refractivity (Wildman–Crippen MR) is 70.4 cm³/mol. The van der Waals surface area contributed by atoms with Crippen LogP contribution < -0.4 is 4.90 Å². The fraction of sp³-hybridized carbons (Fsp3) is 0.462. The number of carbonyl (C=O) groups is 1. The van der Waals surface area contributed by atoms with Crippen molar-refractivity contribution in [3.05, 3.63) is 28.2 Å². The monoisotopic (exact) mass is 311 g/mol. The molecule has 1 aromatic rings. The molecule has 0 radical (unpaired) electrons. The van der Waals surface area contributed by atoms with E-state index < -0.39 is 5.79 Å². The molecule has 0 atom stereocenters. The number of hydrogen-bond acceptors (Lipinski definition) is 3. The molecule has 0 bridgehead atoms. The van der Waals surface area contributed by atoms with E-state index in [-0.39, 0.29) is 5.91 Å². The normalized spacial score (nSPS) is 21.4. The van der Waals surface area contributed by atoms with Gasteiger partial charge in [0.2, 0.25) is 0 Å². The maximum atomic E-state index is 12.5. The molecule has 18 heavy (non-hydrogen) atoms. The molecule has 3 rings (SSSR count). The van der Waals surface area contributed by atoms with E-state index in [2.05, 4.69) is 15.9 Å². The predicted octanol–water partition coefficient (Wildman–Crippen LogP) is 2.41. The van der Waals surface area contributed by atoms with Crippen LogP contribution in [0.1, 0.15) is 18.9 Å². The molecule has 5 heteroatoms. The van der Waals surface area contributed by atoms with Gasteiger partial charge in [-0.25, -0.2) is 0 Å². The molecule has 0 unspecified atom stereocenters. The van der Waals surface area contributed by atoms with Crippen LogP contribution in [0.3, 0.4) is 0 Å². The van der Waals surface area contributed by atoms with Crippen LogP contribution in [-0.4, -0.2) is 25.7 Å². The Kier molecular flexibility index (Phi) is 2.92. The van der Waals surface area contributed by atoms with E-state index >= 15 is 0 Å². The van der Waals surface area contributed by atoms with Gasteiger partial charge < -0.3 is 14.4 Å². The second kappa shape index (κ2) is 4.33. The standard InChI is InChI=1S/C13H14BrNO3/c1-2-15-11-5-4-9(14)8-10(11)13(12(15)16)17-6-3-7-18-13/h4-5,8H,2-3,6-7H2,1H3. The molecular weight excluding hydrogens is 298 g/mol. The van der Waals surface area contributed by atoms with Crippen LogP contribution in [0.15, 0.2) is 22.7 Å². The highest BCUT2D eigenvalue weighted by atomic mass is 79.9. The molecule has 2 aliphatic rings. The molecule has 1 amide bonds. The number of hydrogen-bond donors (Lipinski definition) is 0. The number of fused-ring (bicyclic) bond motifs is 2. The second-order valence-corrected chi connectivity index (χ2v) is 5.29. The van der Waals surface area contributed by atoms with Gasteiger partial charge >= 0.3 is 0 Å². The summed E-state index contributed by atoms with van der Waals surface area (Å²) in [6, 6.07) is 5.77. The van der Waals surface area contributed by atoms with E-state index in [0.29, 0.717) is 19.8 Å². The topological polar surface area (TPSA) is 38.8 Å². The first kappa shape index (κ1) is 12.1. The SMILES string of the molecule is CCN1C(=O)C2(OCCCO2)c2cc(Br)ccc21. The van der Waals surface area contributed by atoms with Gasteiger partial charge in [-0.05, 0) is 31.5 Å². The third-order valence-electron chi connectivity index (χ3n) is 3.35. The Morgan fingerprint density at radius 3 is 2.78 bits per heavy atom. The number of ether oxygens (including phenoxy) is 2. The number of amides is 1. The molecule has 0 aromatic heterocycles. The van der Waals surface area contributed by atoms with Crippen LogP contribution in [0, 0.1) is 0 Å². The van der Waals surface area contributed by atoms with Crippen molar-refractivity contribution < 1.29 is 14.3 Å². The van der Waals surface area contributed by atoms with Crippen molar-refractivity contribution in [1.29, 1.82) is 0 Å². The summed E-state index contributed by atoms with van der Waals surface area (Å²) in [4.78, 5) is 14.3. The summed E-state index contributed by atoms with van der Waals surface area (Å²) in [7, 11) is 0. The quantitative estimate of drug-likeness (QED) is 0.799. The van der Waals surface area contributed by atoms with Crippen molar-refractivity contribution >= 4 is 27.5 Å². The number of halogens is 1. The smallest absolute Gasteiger partial charge is 0.292 e. The van der Waals surface area contributed by atoms with Crippen molar-refractivity contribution in [3.8, 4) is 0 Å². The van der Waals surface area contributed by atoms with Crippen LogP contribution in [0.25, 0.3) is 0 Å². The van der Waals surface area contributed by atoms with E-state index in [1.807, 2.05) is 25.1 Å². The van der Waals surface area contributed by atoms with E-state index in [1.54, 1.807) is 4.90 Å². The Balaban J connectivity index is 2.16. The lowest BCUT2D eigenvalue weighted by atomic mass is 10.1. The molecule has 96 valence electrons. The van der Waals surface area contributed by atoms with Crippen molar-refractivity contribution in [2.45, 2.75) is 19.1 Å². The maximum Gasteiger partial charge on any atom is 0.292 e. The van der Waals surface area contributed by atoms with Crippen LogP contribution in [-0.2, 0) is 20.1 Å². The van der Waals surface area contributed by atoms with Crippen molar-refractivity contribution in [2.75, 3.05) is 24.7 Å². The Hall–Kier alpha value is -0.910. The van der Waals surface area contributed by atoms with E-state index in [0.717, 1.165) is 22.1 Å². The number of benzene rings is 1. The minimum atomic E-state index is -1.21. The Labute approximate surface area is 114 Å². The maximum absolute atomic E-state index is 12.5. The zero-order chi connectivity index (χ0) is 12.8. The average Bonchev–Trinajstić information content (AvgIpc) is 2.61. The first-order valence-electron chi connectivity index (χ1n) is 6.09. The van der Waals surface area contributed by atoms with Crippen LogP contribution >= 0.6 is 15.9 Å². The van der Waals surface area contributed by atoms with Gasteiger partial charge in [-0.1, -0.05) is 15.9 Å². The minimum absolute atomic E-state index is 0.113. The lowest BCUT2D eigenvalue weighted by Gasteiger charge is -2.32. The summed E-state index contributed by atoms with van der Waals surface area (Å²) >= 11 is 3.44. The minimum Gasteiger partial charge on any atom is -0.338 e. The van der Waals surface area contributed by atoms with Gasteiger partial charge in [-0.2, -0.15) is 0 Å². The Morgan fingerprint density at radius 1 is 1.39 bits per heavy atom. The van der Waals surface area contributed by atoms with Gasteiger partial charge in [0.1, 0.15) is 0 Å². The number of carbonyl (C=O) groups excluding carboxylic acids is 1. The summed E-state index contributed by atoms with van der Waals surface area (Å²) in [5.74, 6) is -1.33. The third kappa shape index (κ3) is 1.54. The van der Waals surface area contributed by atoms with Gasteiger partial charge in [0.25, 0.3) is 11.7 Å². The van der Waals surface area contributed by atoms with E-state index in [4.69, 9.17) is 9.47 Å². The van der Waals surface area contributed by atoms with Crippen molar-refractivity contribution in [3.63, 3.8) is 0 Å². The summed E-state index contributed by atoms with van der Waals surface area (Å²) in [5, 5.41) is 0. The van der Waals surface area contributed by atoms with Crippen LogP contribution in [0.5, 0.6) is 0 Å². The molecule has 0 N–H and O–H groups in total. The molecular formula is C13H14BrNO3. The molecule has 2 aliphatic heterocycles. The van der Waals surface area contributed by atoms with Gasteiger partial charge in [0, 0.05) is 16.6 Å². The van der Waals surface area contributed by atoms with Gasteiger partial charge in [-0.15, -0.1) is 0 Å². The summed E-state index contributed by atoms with van der Waals surface area (Å²) < 4.78 is 12.4. The van der Waals surface area contributed by atoms with Gasteiger partial charge in [-0.3, -0.25) is 4.79 Å². The lowest BCUT2D eigenvalue weighted by Crippen LogP contribution is -2.47. The fourth-order valence-electron chi connectivity index (χ4n) is 2.53. The molecule has 1 spiro atoms. The highest BCUT2D eigenvalue weighted by molar-refractivity contribution is 9.10. The van der Waals surface area contributed by atoms with Gasteiger partial charge in [0.15, 0.2) is 0 Å². The molecule has 0 saturated carbocycles. The summed E-state index contributed by atoms with van der Waals surface area (Å²) in [5.41, 5.74) is 1.69. The van der Waals surface area contributed by atoms with Crippen LogP contribution in [0.4, 0.5) is 5.69 Å². The van der Waals surface area contributed by atoms with Crippen molar-refractivity contribution in [2.24, 2.45) is 0 Å². The van der Waals surface area contributed by atoms with Crippen molar-refractivity contribution in [1.82, 2.24) is 0 Å². The Bertz CT molecular complexity index is 497. The molecule has 0 aliphatic carbocycles. The van der Waals surface area contributed by atoms with E-state index in [1.165, 1.54) is 0 Å². The second-order valence-electron chi connectivity index (χ2n) is 4.38. The highest BCUT2D eigenvalue weighted by Gasteiger charge is 2.54. The Morgan fingerprint density at radius 2 is 2.11 bits per heavy atom. The van der Waals surface area contributed by atoms with E-state index in [9.17, 15) is 4.79 Å². The average molecular weight is 312 g/mol. The zero-order valence-corrected chi connectivity index (χ0v) is 11.7. The molecule has 1 aromatic carbocycles. The third-order valence-corrected chi connectivity index (χ3v) is 3.84. The highest BCUT2D eigenvalue weighted by Crippen LogP contribution is 2.45. The molecule has 2 heterocycles. The van der Waals surface area contributed by atoms with Crippen LogP contribution in [0.2, 0.25) is 0 Å². The largest absolute Gasteiger partial charge is 0.338 e. The number of likely N-dealkylation sites (N-methyl/N-ethyl adjacent to an activating group) is 1. The number of rotatable bonds is 1.